The van der Waals surface area contributed by atoms with Gasteiger partial charge >= 0.3 is 11.9 Å². The average molecular weight is 233 g/mol. The van der Waals surface area contributed by atoms with Crippen LogP contribution in [0, 0.1) is 11.3 Å². The van der Waals surface area contributed by atoms with E-state index in [1.54, 1.807) is 6.07 Å². The van der Waals surface area contributed by atoms with Crippen LogP contribution in [-0.4, -0.2) is 23.7 Å². The SMILES string of the molecule is C=CCOC(=O)C(C=CC#N)=CC=CC(=O)O. The van der Waals surface area contributed by atoms with Crippen molar-refractivity contribution in [2.75, 3.05) is 6.61 Å². The number of nitrogens with zero attached hydrogens (tertiary/aromatic N) is 1. The van der Waals surface area contributed by atoms with Crippen molar-refractivity contribution in [1.29, 1.82) is 5.26 Å². The Kier molecular flexibility index (Phi) is 7.35. The van der Waals surface area contributed by atoms with Gasteiger partial charge < -0.3 is 9.84 Å². The highest BCUT2D eigenvalue weighted by molar-refractivity contribution is 5.92. The number of rotatable bonds is 6. The summed E-state index contributed by atoms with van der Waals surface area (Å²) in [6, 6.07) is 1.72. The molecule has 0 aromatic heterocycles. The number of carboxylic acid groups (broad SMARTS) is 1. The molecule has 5 heteroatoms. The first-order valence-electron chi connectivity index (χ1n) is 4.57. The second kappa shape index (κ2) is 8.68. The Morgan fingerprint density at radius 3 is 2.65 bits per heavy atom. The molecular weight excluding hydrogens is 222 g/mol. The number of carboxylic acids is 1. The van der Waals surface area contributed by atoms with Crippen LogP contribution in [-0.2, 0) is 14.3 Å². The van der Waals surface area contributed by atoms with Crippen LogP contribution in [0.2, 0.25) is 0 Å². The van der Waals surface area contributed by atoms with Gasteiger partial charge in [0.05, 0.1) is 11.6 Å². The van der Waals surface area contributed by atoms with Crippen molar-refractivity contribution in [3.8, 4) is 6.07 Å². The van der Waals surface area contributed by atoms with E-state index in [1.165, 1.54) is 24.3 Å². The van der Waals surface area contributed by atoms with Gasteiger partial charge in [-0.05, 0) is 12.2 Å². The van der Waals surface area contributed by atoms with E-state index >= 15 is 0 Å². The molecular formula is C12H11NO4. The van der Waals surface area contributed by atoms with E-state index in [9.17, 15) is 9.59 Å². The van der Waals surface area contributed by atoms with Gasteiger partial charge in [0.2, 0.25) is 0 Å². The molecule has 0 fully saturated rings. The minimum atomic E-state index is -1.13. The van der Waals surface area contributed by atoms with Gasteiger partial charge in [0.15, 0.2) is 0 Å². The Hall–Kier alpha value is -2.61. The lowest BCUT2D eigenvalue weighted by molar-refractivity contribution is -0.137. The first-order valence-corrected chi connectivity index (χ1v) is 4.57. The molecule has 0 aromatic carbocycles. The summed E-state index contributed by atoms with van der Waals surface area (Å²) in [7, 11) is 0. The van der Waals surface area contributed by atoms with Crippen LogP contribution in [0.1, 0.15) is 0 Å². The Balaban J connectivity index is 4.81. The molecule has 0 amide bonds. The molecule has 0 heterocycles. The highest BCUT2D eigenvalue weighted by Crippen LogP contribution is 2.01. The molecule has 17 heavy (non-hydrogen) atoms. The molecule has 0 bridgehead atoms. The van der Waals surface area contributed by atoms with Gasteiger partial charge in [-0.25, -0.2) is 9.59 Å². The molecule has 0 saturated heterocycles. The van der Waals surface area contributed by atoms with Crippen LogP contribution in [0.25, 0.3) is 0 Å². The van der Waals surface area contributed by atoms with Gasteiger partial charge in [-0.15, -0.1) is 0 Å². The van der Waals surface area contributed by atoms with Gasteiger partial charge in [0.25, 0.3) is 0 Å². The first kappa shape index (κ1) is 14.4. The van der Waals surface area contributed by atoms with Crippen LogP contribution >= 0.6 is 0 Å². The van der Waals surface area contributed by atoms with Gasteiger partial charge in [0, 0.05) is 12.2 Å². The average Bonchev–Trinajstić information content (AvgIpc) is 2.30. The summed E-state index contributed by atoms with van der Waals surface area (Å²) in [6.07, 6.45) is 7.01. The number of carbonyl (C=O) groups excluding carboxylic acids is 1. The van der Waals surface area contributed by atoms with Crippen molar-refractivity contribution in [2.45, 2.75) is 0 Å². The number of hydrogen-bond donors (Lipinski definition) is 1. The summed E-state index contributed by atoms with van der Waals surface area (Å²) in [5.41, 5.74) is 0.0749. The smallest absolute Gasteiger partial charge is 0.338 e. The van der Waals surface area contributed by atoms with Crippen LogP contribution < -0.4 is 0 Å². The topological polar surface area (TPSA) is 87.4 Å². The second-order valence-electron chi connectivity index (χ2n) is 2.67. The lowest BCUT2D eigenvalue weighted by Gasteiger charge is -2.00. The molecule has 0 saturated carbocycles. The quantitative estimate of drug-likeness (QED) is 0.246. The summed E-state index contributed by atoms with van der Waals surface area (Å²) in [5.74, 6) is -1.80. The monoisotopic (exact) mass is 233 g/mol. The predicted molar refractivity (Wildman–Crippen MR) is 60.8 cm³/mol. The molecule has 0 spiro atoms. The van der Waals surface area contributed by atoms with Crippen molar-refractivity contribution >= 4 is 11.9 Å². The number of hydrogen-bond acceptors (Lipinski definition) is 4. The zero-order valence-corrected chi connectivity index (χ0v) is 9.00. The zero-order valence-electron chi connectivity index (χ0n) is 9.00. The third kappa shape index (κ3) is 7.33. The van der Waals surface area contributed by atoms with Crippen molar-refractivity contribution in [3.63, 3.8) is 0 Å². The lowest BCUT2D eigenvalue weighted by Crippen LogP contribution is -2.06. The van der Waals surface area contributed by atoms with Crippen molar-refractivity contribution in [2.24, 2.45) is 0 Å². The molecule has 0 aliphatic rings. The lowest BCUT2D eigenvalue weighted by atomic mass is 10.2. The number of carbonyl (C=O) groups is 2. The molecule has 0 aromatic rings. The van der Waals surface area contributed by atoms with Crippen molar-refractivity contribution in [1.82, 2.24) is 0 Å². The van der Waals surface area contributed by atoms with Crippen LogP contribution in [0.3, 0.4) is 0 Å². The fourth-order valence-electron chi connectivity index (χ4n) is 0.771. The molecule has 0 radical (unpaired) electrons. The number of allylic oxidation sites excluding steroid dienone is 3. The van der Waals surface area contributed by atoms with E-state index in [0.717, 1.165) is 12.2 Å². The summed E-state index contributed by atoms with van der Waals surface area (Å²) in [6.45, 7) is 3.42. The molecule has 0 unspecified atom stereocenters. The largest absolute Gasteiger partial charge is 0.478 e. The Morgan fingerprint density at radius 2 is 2.12 bits per heavy atom. The maximum atomic E-state index is 11.4. The third-order valence-electron chi connectivity index (χ3n) is 1.42. The molecule has 0 aliphatic carbocycles. The van der Waals surface area contributed by atoms with Crippen LogP contribution in [0.15, 0.2) is 48.6 Å². The van der Waals surface area contributed by atoms with Gasteiger partial charge in [0.1, 0.15) is 6.61 Å². The van der Waals surface area contributed by atoms with E-state index in [0.29, 0.717) is 0 Å². The maximum Gasteiger partial charge on any atom is 0.338 e. The summed E-state index contributed by atoms with van der Waals surface area (Å²) >= 11 is 0. The zero-order chi connectivity index (χ0) is 13.1. The number of ether oxygens (including phenoxy) is 1. The molecule has 1 N–H and O–H groups in total. The van der Waals surface area contributed by atoms with Gasteiger partial charge in [-0.1, -0.05) is 18.7 Å². The Bertz CT molecular complexity index is 424. The normalized spacial score (nSPS) is 11.4. The fraction of sp³-hybridized carbons (Fsp3) is 0.0833. The maximum absolute atomic E-state index is 11.4. The highest BCUT2D eigenvalue weighted by atomic mass is 16.5. The molecule has 5 nitrogen and oxygen atoms in total. The van der Waals surface area contributed by atoms with E-state index in [4.69, 9.17) is 15.1 Å². The molecule has 0 aliphatic heterocycles. The number of aliphatic carboxylic acids is 1. The summed E-state index contributed by atoms with van der Waals surface area (Å²) in [4.78, 5) is 21.6. The van der Waals surface area contributed by atoms with Gasteiger partial charge in [-0.3, -0.25) is 0 Å². The first-order chi connectivity index (χ1) is 8.11. The van der Waals surface area contributed by atoms with Crippen LogP contribution in [0.4, 0.5) is 0 Å². The third-order valence-corrected chi connectivity index (χ3v) is 1.42. The second-order valence-corrected chi connectivity index (χ2v) is 2.67. The Labute approximate surface area is 98.6 Å². The van der Waals surface area contributed by atoms with E-state index < -0.39 is 11.9 Å². The molecule has 0 rings (SSSR count). The van der Waals surface area contributed by atoms with Crippen molar-refractivity contribution in [3.05, 3.63) is 48.6 Å². The number of esters is 1. The van der Waals surface area contributed by atoms with E-state index in [2.05, 4.69) is 6.58 Å². The standard InChI is InChI=1S/C12H11NO4/c1-2-9-17-12(16)10(6-4-8-13)5-3-7-11(14)15/h2-7H,1,9H2,(H,14,15). The number of nitriles is 1. The van der Waals surface area contributed by atoms with E-state index in [-0.39, 0.29) is 12.2 Å². The van der Waals surface area contributed by atoms with Crippen molar-refractivity contribution < 1.29 is 19.4 Å². The van der Waals surface area contributed by atoms with Gasteiger partial charge in [-0.2, -0.15) is 5.26 Å². The van der Waals surface area contributed by atoms with E-state index in [1.807, 2.05) is 0 Å². The minimum absolute atomic E-state index is 0.0409. The molecule has 0 atom stereocenters. The minimum Gasteiger partial charge on any atom is -0.478 e. The van der Waals surface area contributed by atoms with Crippen LogP contribution in [0.5, 0.6) is 0 Å². The fourth-order valence-corrected chi connectivity index (χ4v) is 0.771. The summed E-state index contributed by atoms with van der Waals surface area (Å²) in [5, 5.41) is 16.7. The predicted octanol–water partition coefficient (Wildman–Crippen LogP) is 1.36. The highest BCUT2D eigenvalue weighted by Gasteiger charge is 2.05. The Morgan fingerprint density at radius 1 is 1.41 bits per heavy atom. The summed E-state index contributed by atoms with van der Waals surface area (Å²) < 4.78 is 4.74. The molecule has 88 valence electrons.